The molecule has 19 heavy (non-hydrogen) atoms. The standard InChI is InChI=1S/C13H7BrClF2NO/c14-7-1-6(2-8(18)3-7)13(19)9-4-11(16)12(17)5-10(9)15/h1-5H,18H2. The Balaban J connectivity index is 2.53. The molecule has 0 aliphatic heterocycles. The second-order valence-electron chi connectivity index (χ2n) is 3.85. The number of nitrogens with two attached hydrogens (primary N) is 1. The maximum absolute atomic E-state index is 13.2. The Hall–Kier alpha value is -1.46. The first-order valence-corrected chi connectivity index (χ1v) is 6.31. The van der Waals surface area contributed by atoms with Gasteiger partial charge in [0.25, 0.3) is 0 Å². The molecule has 0 saturated heterocycles. The number of nitrogen functional groups attached to an aromatic ring is 1. The van der Waals surface area contributed by atoms with E-state index in [1.165, 1.54) is 12.1 Å². The van der Waals surface area contributed by atoms with E-state index in [-0.39, 0.29) is 16.1 Å². The lowest BCUT2D eigenvalue weighted by molar-refractivity contribution is 0.103. The maximum atomic E-state index is 13.2. The first-order chi connectivity index (χ1) is 8.88. The maximum Gasteiger partial charge on any atom is 0.194 e. The molecule has 0 saturated carbocycles. The minimum atomic E-state index is -1.13. The normalized spacial score (nSPS) is 10.5. The van der Waals surface area contributed by atoms with Gasteiger partial charge >= 0.3 is 0 Å². The van der Waals surface area contributed by atoms with Crippen molar-refractivity contribution in [2.45, 2.75) is 0 Å². The molecule has 0 aliphatic carbocycles. The summed E-state index contributed by atoms with van der Waals surface area (Å²) in [5.41, 5.74) is 6.11. The predicted octanol–water partition coefficient (Wildman–Crippen LogP) is 4.19. The molecule has 0 fully saturated rings. The third-order valence-corrected chi connectivity index (χ3v) is 3.21. The van der Waals surface area contributed by atoms with Gasteiger partial charge in [-0.25, -0.2) is 8.78 Å². The van der Waals surface area contributed by atoms with Crippen LogP contribution in [-0.2, 0) is 0 Å². The van der Waals surface area contributed by atoms with Crippen molar-refractivity contribution in [3.05, 3.63) is 62.6 Å². The van der Waals surface area contributed by atoms with Crippen molar-refractivity contribution in [2.75, 3.05) is 5.73 Å². The van der Waals surface area contributed by atoms with Crippen LogP contribution in [0.1, 0.15) is 15.9 Å². The molecule has 2 rings (SSSR count). The summed E-state index contributed by atoms with van der Waals surface area (Å²) in [4.78, 5) is 12.2. The SMILES string of the molecule is Nc1cc(Br)cc(C(=O)c2cc(F)c(F)cc2Cl)c1. The number of rotatable bonds is 2. The van der Waals surface area contributed by atoms with E-state index in [0.29, 0.717) is 10.2 Å². The molecule has 0 amide bonds. The van der Waals surface area contributed by atoms with Crippen molar-refractivity contribution in [1.29, 1.82) is 0 Å². The van der Waals surface area contributed by atoms with Crippen LogP contribution in [0, 0.1) is 11.6 Å². The monoisotopic (exact) mass is 345 g/mol. The molecule has 2 nitrogen and oxygen atoms in total. The van der Waals surface area contributed by atoms with Crippen LogP contribution in [0.5, 0.6) is 0 Å². The van der Waals surface area contributed by atoms with E-state index in [2.05, 4.69) is 15.9 Å². The first-order valence-electron chi connectivity index (χ1n) is 5.14. The van der Waals surface area contributed by atoms with Gasteiger partial charge in [0, 0.05) is 21.3 Å². The topological polar surface area (TPSA) is 43.1 Å². The average Bonchev–Trinajstić information content (AvgIpc) is 2.31. The lowest BCUT2D eigenvalue weighted by atomic mass is 10.0. The van der Waals surface area contributed by atoms with Gasteiger partial charge in [-0.15, -0.1) is 0 Å². The largest absolute Gasteiger partial charge is 0.399 e. The van der Waals surface area contributed by atoms with Crippen LogP contribution in [0.4, 0.5) is 14.5 Å². The summed E-state index contributed by atoms with van der Waals surface area (Å²) in [5, 5.41) is -0.151. The third-order valence-electron chi connectivity index (χ3n) is 2.44. The summed E-state index contributed by atoms with van der Waals surface area (Å²) >= 11 is 8.95. The minimum Gasteiger partial charge on any atom is -0.399 e. The fourth-order valence-corrected chi connectivity index (χ4v) is 2.34. The van der Waals surface area contributed by atoms with Gasteiger partial charge in [0.15, 0.2) is 17.4 Å². The van der Waals surface area contributed by atoms with Gasteiger partial charge in [-0.2, -0.15) is 0 Å². The number of anilines is 1. The van der Waals surface area contributed by atoms with Gasteiger partial charge in [-0.1, -0.05) is 27.5 Å². The molecule has 0 heterocycles. The molecule has 2 N–H and O–H groups in total. The molecule has 0 radical (unpaired) electrons. The van der Waals surface area contributed by atoms with E-state index < -0.39 is 17.4 Å². The van der Waals surface area contributed by atoms with Crippen molar-refractivity contribution in [2.24, 2.45) is 0 Å². The summed E-state index contributed by atoms with van der Waals surface area (Å²) in [6.45, 7) is 0. The van der Waals surface area contributed by atoms with Crippen LogP contribution < -0.4 is 5.73 Å². The number of benzene rings is 2. The number of ketones is 1. The fourth-order valence-electron chi connectivity index (χ4n) is 1.60. The Morgan fingerprint density at radius 2 is 1.74 bits per heavy atom. The average molecular weight is 347 g/mol. The van der Waals surface area contributed by atoms with Crippen molar-refractivity contribution in [3.8, 4) is 0 Å². The van der Waals surface area contributed by atoms with Gasteiger partial charge < -0.3 is 5.73 Å². The van der Waals surface area contributed by atoms with Crippen molar-refractivity contribution in [3.63, 3.8) is 0 Å². The molecular formula is C13H7BrClF2NO. The summed E-state index contributed by atoms with van der Waals surface area (Å²) in [5.74, 6) is -2.76. The highest BCUT2D eigenvalue weighted by Crippen LogP contribution is 2.25. The smallest absolute Gasteiger partial charge is 0.194 e. The molecule has 0 aliphatic rings. The number of hydrogen-bond donors (Lipinski definition) is 1. The first kappa shape index (κ1) is 14.0. The van der Waals surface area contributed by atoms with E-state index >= 15 is 0 Å². The zero-order valence-electron chi connectivity index (χ0n) is 9.38. The fraction of sp³-hybridized carbons (Fsp3) is 0. The highest BCUT2D eigenvalue weighted by atomic mass is 79.9. The molecular weight excluding hydrogens is 340 g/mol. The Morgan fingerprint density at radius 3 is 2.37 bits per heavy atom. The van der Waals surface area contributed by atoms with E-state index in [1.54, 1.807) is 6.07 Å². The second kappa shape index (κ2) is 5.27. The zero-order chi connectivity index (χ0) is 14.2. The van der Waals surface area contributed by atoms with Gasteiger partial charge in [0.05, 0.1) is 5.02 Å². The van der Waals surface area contributed by atoms with Crippen LogP contribution in [0.25, 0.3) is 0 Å². The number of carbonyl (C=O) groups is 1. The Morgan fingerprint density at radius 1 is 1.11 bits per heavy atom. The van der Waals surface area contributed by atoms with Gasteiger partial charge in [0.1, 0.15) is 0 Å². The van der Waals surface area contributed by atoms with Crippen LogP contribution in [0.2, 0.25) is 5.02 Å². The Kier molecular flexibility index (Phi) is 3.87. The van der Waals surface area contributed by atoms with Crippen LogP contribution in [0.3, 0.4) is 0 Å². The predicted molar refractivity (Wildman–Crippen MR) is 73.4 cm³/mol. The second-order valence-corrected chi connectivity index (χ2v) is 5.17. The molecule has 2 aromatic carbocycles. The Bertz CT molecular complexity index is 656. The van der Waals surface area contributed by atoms with E-state index in [9.17, 15) is 13.6 Å². The van der Waals surface area contributed by atoms with Gasteiger partial charge in [0.2, 0.25) is 0 Å². The minimum absolute atomic E-state index is 0.113. The lowest BCUT2D eigenvalue weighted by Crippen LogP contribution is -2.05. The third kappa shape index (κ3) is 2.93. The number of carbonyl (C=O) groups excluding carboxylic acids is 1. The van der Waals surface area contributed by atoms with E-state index in [1.807, 2.05) is 0 Å². The lowest BCUT2D eigenvalue weighted by Gasteiger charge is -2.06. The van der Waals surface area contributed by atoms with Gasteiger partial charge in [-0.3, -0.25) is 4.79 Å². The highest BCUT2D eigenvalue weighted by Gasteiger charge is 2.17. The summed E-state index contributed by atoms with van der Waals surface area (Å²) < 4.78 is 26.7. The molecule has 0 unspecified atom stereocenters. The summed E-state index contributed by atoms with van der Waals surface area (Å²) in [7, 11) is 0. The number of halogens is 4. The Labute approximate surface area is 121 Å². The van der Waals surface area contributed by atoms with Crippen LogP contribution in [-0.4, -0.2) is 5.78 Å². The van der Waals surface area contributed by atoms with Crippen molar-refractivity contribution in [1.82, 2.24) is 0 Å². The van der Waals surface area contributed by atoms with E-state index in [4.69, 9.17) is 17.3 Å². The molecule has 0 bridgehead atoms. The molecule has 0 aromatic heterocycles. The zero-order valence-corrected chi connectivity index (χ0v) is 11.7. The molecule has 6 heteroatoms. The van der Waals surface area contributed by atoms with Gasteiger partial charge in [-0.05, 0) is 30.3 Å². The highest BCUT2D eigenvalue weighted by molar-refractivity contribution is 9.10. The van der Waals surface area contributed by atoms with Crippen LogP contribution in [0.15, 0.2) is 34.8 Å². The van der Waals surface area contributed by atoms with Crippen molar-refractivity contribution >= 4 is 39.0 Å². The summed E-state index contributed by atoms with van der Waals surface area (Å²) in [6.07, 6.45) is 0. The molecule has 2 aromatic rings. The molecule has 0 atom stereocenters. The quantitative estimate of drug-likeness (QED) is 0.503. The molecule has 98 valence electrons. The summed E-state index contributed by atoms with van der Waals surface area (Å²) in [6, 6.07) is 6.12. The number of hydrogen-bond acceptors (Lipinski definition) is 2. The molecule has 0 spiro atoms. The van der Waals surface area contributed by atoms with Crippen LogP contribution >= 0.6 is 27.5 Å². The van der Waals surface area contributed by atoms with Crippen molar-refractivity contribution < 1.29 is 13.6 Å². The van der Waals surface area contributed by atoms with E-state index in [0.717, 1.165) is 12.1 Å².